The van der Waals surface area contributed by atoms with Gasteiger partial charge in [-0.3, -0.25) is 4.79 Å². The number of para-hydroxylation sites is 1. The first-order chi connectivity index (χ1) is 15.4. The van der Waals surface area contributed by atoms with E-state index in [9.17, 15) is 18.0 Å². The molecule has 0 saturated heterocycles. The second kappa shape index (κ2) is 9.53. The molecule has 4 aromatic rings. The number of halogens is 3. The molecular formula is C25H21F3N2OS. The molecule has 3 nitrogen and oxygen atoms in total. The van der Waals surface area contributed by atoms with E-state index in [4.69, 9.17) is 0 Å². The van der Waals surface area contributed by atoms with Gasteiger partial charge in [0.2, 0.25) is 0 Å². The lowest BCUT2D eigenvalue weighted by Gasteiger charge is -2.08. The highest BCUT2D eigenvalue weighted by Crippen LogP contribution is 2.34. The number of thioether (sulfide) groups is 1. The van der Waals surface area contributed by atoms with Gasteiger partial charge in [-0.15, -0.1) is 11.8 Å². The standard InChI is InChI=1S/C25H21F3N2OS/c26-25(27,28)20-10-6-7-18(15-20)17-32-23-16-30(22-12-5-4-11-21(22)23)14-13-29-24(31)19-8-2-1-3-9-19/h1-12,15-16H,13-14,17H2,(H,29,31). The van der Waals surface area contributed by atoms with Crippen LogP contribution in [0.4, 0.5) is 13.2 Å². The normalized spacial score (nSPS) is 11.6. The first-order valence-corrected chi connectivity index (χ1v) is 11.1. The number of nitrogens with one attached hydrogen (secondary N) is 1. The third-order valence-corrected chi connectivity index (χ3v) is 6.19. The molecule has 1 N–H and O–H groups in total. The molecule has 0 radical (unpaired) electrons. The zero-order valence-electron chi connectivity index (χ0n) is 17.1. The number of carbonyl (C=O) groups excluding carboxylic acids is 1. The van der Waals surface area contributed by atoms with E-state index in [1.165, 1.54) is 23.9 Å². The summed E-state index contributed by atoms with van der Waals surface area (Å²) in [4.78, 5) is 13.2. The van der Waals surface area contributed by atoms with Crippen LogP contribution in [0.5, 0.6) is 0 Å². The van der Waals surface area contributed by atoms with Gasteiger partial charge in [0.15, 0.2) is 0 Å². The van der Waals surface area contributed by atoms with Crippen LogP contribution in [0.25, 0.3) is 10.9 Å². The van der Waals surface area contributed by atoms with E-state index in [-0.39, 0.29) is 5.91 Å². The SMILES string of the molecule is O=C(NCCn1cc(SCc2cccc(C(F)(F)F)c2)c2ccccc21)c1ccccc1. The van der Waals surface area contributed by atoms with Crippen molar-refractivity contribution in [2.75, 3.05) is 6.54 Å². The molecule has 0 aliphatic rings. The van der Waals surface area contributed by atoms with Crippen molar-refractivity contribution >= 4 is 28.6 Å². The number of hydrogen-bond donors (Lipinski definition) is 1. The van der Waals surface area contributed by atoms with Gasteiger partial charge in [-0.2, -0.15) is 13.2 Å². The van der Waals surface area contributed by atoms with E-state index >= 15 is 0 Å². The van der Waals surface area contributed by atoms with Crippen LogP contribution >= 0.6 is 11.8 Å². The van der Waals surface area contributed by atoms with Crippen LogP contribution in [0.1, 0.15) is 21.5 Å². The first-order valence-electron chi connectivity index (χ1n) is 10.1. The maximum absolute atomic E-state index is 13.0. The second-order valence-electron chi connectivity index (χ2n) is 7.31. The van der Waals surface area contributed by atoms with E-state index in [0.29, 0.717) is 30.0 Å². The maximum Gasteiger partial charge on any atom is 0.416 e. The molecule has 0 fully saturated rings. The molecule has 0 saturated carbocycles. The van der Waals surface area contributed by atoms with Crippen molar-refractivity contribution in [1.29, 1.82) is 0 Å². The molecule has 0 atom stereocenters. The van der Waals surface area contributed by atoms with Gasteiger partial charge in [0.1, 0.15) is 0 Å². The summed E-state index contributed by atoms with van der Waals surface area (Å²) >= 11 is 1.50. The number of aromatic nitrogens is 1. The lowest BCUT2D eigenvalue weighted by molar-refractivity contribution is -0.137. The van der Waals surface area contributed by atoms with Crippen molar-refractivity contribution < 1.29 is 18.0 Å². The van der Waals surface area contributed by atoms with Crippen LogP contribution in [-0.2, 0) is 18.5 Å². The van der Waals surface area contributed by atoms with E-state index in [2.05, 4.69) is 9.88 Å². The number of rotatable bonds is 7. The molecule has 1 aromatic heterocycles. The molecule has 4 rings (SSSR count). The summed E-state index contributed by atoms with van der Waals surface area (Å²) < 4.78 is 41.0. The molecule has 32 heavy (non-hydrogen) atoms. The van der Waals surface area contributed by atoms with Gasteiger partial charge in [-0.1, -0.05) is 54.6 Å². The van der Waals surface area contributed by atoms with Gasteiger partial charge in [0, 0.05) is 46.4 Å². The highest BCUT2D eigenvalue weighted by atomic mass is 32.2. The Hall–Kier alpha value is -3.19. The Morgan fingerprint density at radius 1 is 0.938 bits per heavy atom. The summed E-state index contributed by atoms with van der Waals surface area (Å²) in [6.07, 6.45) is -2.35. The topological polar surface area (TPSA) is 34.0 Å². The quantitative estimate of drug-likeness (QED) is 0.329. The fourth-order valence-corrected chi connectivity index (χ4v) is 4.52. The van der Waals surface area contributed by atoms with Crippen LogP contribution in [0.3, 0.4) is 0 Å². The summed E-state index contributed by atoms with van der Waals surface area (Å²) in [7, 11) is 0. The molecule has 0 bridgehead atoms. The van der Waals surface area contributed by atoms with Gasteiger partial charge >= 0.3 is 6.18 Å². The molecule has 1 heterocycles. The van der Waals surface area contributed by atoms with Crippen LogP contribution in [0.2, 0.25) is 0 Å². The number of fused-ring (bicyclic) bond motifs is 1. The summed E-state index contributed by atoms with van der Waals surface area (Å²) in [5, 5.41) is 3.97. The molecule has 164 valence electrons. The van der Waals surface area contributed by atoms with Crippen LogP contribution in [-0.4, -0.2) is 17.0 Å². The summed E-state index contributed by atoms with van der Waals surface area (Å²) in [5.74, 6) is 0.309. The highest BCUT2D eigenvalue weighted by molar-refractivity contribution is 7.98. The number of benzene rings is 3. The smallest absolute Gasteiger partial charge is 0.350 e. The third kappa shape index (κ3) is 5.16. The molecule has 0 spiro atoms. The average molecular weight is 455 g/mol. The number of amides is 1. The Kier molecular flexibility index (Phi) is 6.55. The second-order valence-corrected chi connectivity index (χ2v) is 8.33. The first kappa shape index (κ1) is 22.0. The minimum atomic E-state index is -4.35. The van der Waals surface area contributed by atoms with Gasteiger partial charge in [-0.05, 0) is 29.8 Å². The van der Waals surface area contributed by atoms with Crippen LogP contribution in [0.15, 0.2) is 90.0 Å². The molecule has 3 aromatic carbocycles. The molecule has 0 unspecified atom stereocenters. The van der Waals surface area contributed by atoms with Crippen molar-refractivity contribution in [3.63, 3.8) is 0 Å². The van der Waals surface area contributed by atoms with Crippen molar-refractivity contribution in [2.45, 2.75) is 23.4 Å². The van der Waals surface area contributed by atoms with E-state index in [1.54, 1.807) is 18.2 Å². The monoisotopic (exact) mass is 454 g/mol. The summed E-state index contributed by atoms with van der Waals surface area (Å²) in [6.45, 7) is 1.05. The van der Waals surface area contributed by atoms with Crippen molar-refractivity contribution in [2.24, 2.45) is 0 Å². The van der Waals surface area contributed by atoms with Crippen LogP contribution < -0.4 is 5.32 Å². The van der Waals surface area contributed by atoms with Crippen molar-refractivity contribution in [3.8, 4) is 0 Å². The lowest BCUT2D eigenvalue weighted by Crippen LogP contribution is -2.26. The Labute approximate surface area is 188 Å². The zero-order valence-corrected chi connectivity index (χ0v) is 17.9. The van der Waals surface area contributed by atoms with Crippen LogP contribution in [0, 0.1) is 0 Å². The van der Waals surface area contributed by atoms with E-state index in [1.807, 2.05) is 48.7 Å². The van der Waals surface area contributed by atoms with Gasteiger partial charge < -0.3 is 9.88 Å². The van der Waals surface area contributed by atoms with Gasteiger partial charge in [0.05, 0.1) is 5.56 Å². The zero-order chi connectivity index (χ0) is 22.6. The Bertz CT molecular complexity index is 1220. The molecule has 7 heteroatoms. The number of nitrogens with zero attached hydrogens (tertiary/aromatic N) is 1. The fourth-order valence-electron chi connectivity index (χ4n) is 3.49. The fraction of sp³-hybridized carbons (Fsp3) is 0.160. The number of alkyl halides is 3. The Morgan fingerprint density at radius 3 is 2.47 bits per heavy atom. The van der Waals surface area contributed by atoms with Crippen molar-refractivity contribution in [1.82, 2.24) is 9.88 Å². The average Bonchev–Trinajstić information content (AvgIpc) is 3.15. The van der Waals surface area contributed by atoms with Gasteiger partial charge in [0.25, 0.3) is 5.91 Å². The number of carbonyl (C=O) groups is 1. The predicted molar refractivity (Wildman–Crippen MR) is 122 cm³/mol. The molecule has 0 aliphatic carbocycles. The minimum Gasteiger partial charge on any atom is -0.350 e. The third-order valence-electron chi connectivity index (χ3n) is 5.07. The number of hydrogen-bond acceptors (Lipinski definition) is 2. The highest BCUT2D eigenvalue weighted by Gasteiger charge is 2.30. The predicted octanol–water partition coefficient (Wildman–Crippen LogP) is 6.38. The minimum absolute atomic E-state index is 0.124. The van der Waals surface area contributed by atoms with Crippen molar-refractivity contribution in [3.05, 3.63) is 102 Å². The molecule has 1 amide bonds. The van der Waals surface area contributed by atoms with E-state index in [0.717, 1.165) is 21.9 Å². The van der Waals surface area contributed by atoms with E-state index < -0.39 is 11.7 Å². The Balaban J connectivity index is 1.45. The summed E-state index contributed by atoms with van der Waals surface area (Å²) in [5.41, 5.74) is 1.62. The molecular weight excluding hydrogens is 433 g/mol. The largest absolute Gasteiger partial charge is 0.416 e. The van der Waals surface area contributed by atoms with Gasteiger partial charge in [-0.25, -0.2) is 0 Å². The Morgan fingerprint density at radius 2 is 1.69 bits per heavy atom. The maximum atomic E-state index is 13.0. The molecule has 0 aliphatic heterocycles. The lowest BCUT2D eigenvalue weighted by atomic mass is 10.1. The summed E-state index contributed by atoms with van der Waals surface area (Å²) in [6, 6.07) is 22.4.